The molecule has 4 nitrogen and oxygen atoms in total. The summed E-state index contributed by atoms with van der Waals surface area (Å²) in [6.45, 7) is 0.0348. The molecule has 0 aliphatic heterocycles. The second kappa shape index (κ2) is 5.46. The van der Waals surface area contributed by atoms with Crippen LogP contribution in [0.4, 0.5) is 4.39 Å². The van der Waals surface area contributed by atoms with Crippen molar-refractivity contribution in [2.45, 2.75) is 6.54 Å². The number of nitrogens with one attached hydrogen (secondary N) is 1. The van der Waals surface area contributed by atoms with Crippen LogP contribution in [0.25, 0.3) is 0 Å². The monoisotopic (exact) mass is 245 g/mol. The highest BCUT2D eigenvalue weighted by atomic mass is 35.5. The molecular weight excluding hydrogens is 237 g/mol. The van der Waals surface area contributed by atoms with Gasteiger partial charge in [-0.3, -0.25) is 4.79 Å². The molecule has 6 heteroatoms. The van der Waals surface area contributed by atoms with Gasteiger partial charge in [0.15, 0.2) is 0 Å². The summed E-state index contributed by atoms with van der Waals surface area (Å²) >= 11 is 5.72. The minimum Gasteiger partial charge on any atom is -0.462 e. The Morgan fingerprint density at radius 3 is 2.75 bits per heavy atom. The van der Waals surface area contributed by atoms with E-state index in [9.17, 15) is 14.0 Å². The molecule has 0 bridgehead atoms. The maximum absolute atomic E-state index is 12.7. The normalized spacial score (nSPS) is 9.69. The lowest BCUT2D eigenvalue weighted by Gasteiger charge is -2.05. The molecule has 1 amide bonds. The van der Waals surface area contributed by atoms with E-state index in [1.54, 1.807) is 0 Å². The zero-order valence-corrected chi connectivity index (χ0v) is 9.18. The summed E-state index contributed by atoms with van der Waals surface area (Å²) in [6, 6.07) is 3.77. The van der Waals surface area contributed by atoms with E-state index >= 15 is 0 Å². The average molecular weight is 246 g/mol. The molecule has 0 saturated heterocycles. The molecule has 0 aromatic heterocycles. The number of hydrogen-bond acceptors (Lipinski definition) is 3. The highest BCUT2D eigenvalue weighted by Crippen LogP contribution is 2.16. The SMILES string of the molecule is COC(=O)C(=O)NCc1ccc(F)cc1Cl. The zero-order valence-electron chi connectivity index (χ0n) is 8.42. The Bertz CT molecular complexity index is 423. The number of amides is 1. The van der Waals surface area contributed by atoms with E-state index in [0.29, 0.717) is 5.56 Å². The fraction of sp³-hybridized carbons (Fsp3) is 0.200. The number of carbonyl (C=O) groups is 2. The molecular formula is C10H9ClFNO3. The average Bonchev–Trinajstić information content (AvgIpc) is 2.26. The molecule has 1 rings (SSSR count). The van der Waals surface area contributed by atoms with Crippen LogP contribution in [-0.2, 0) is 20.9 Å². The summed E-state index contributed by atoms with van der Waals surface area (Å²) < 4.78 is 16.9. The molecule has 0 heterocycles. The van der Waals surface area contributed by atoms with Gasteiger partial charge in [0.1, 0.15) is 5.82 Å². The molecule has 1 aromatic carbocycles. The van der Waals surface area contributed by atoms with Crippen molar-refractivity contribution in [1.82, 2.24) is 5.32 Å². The Hall–Kier alpha value is -1.62. The lowest BCUT2D eigenvalue weighted by molar-refractivity contribution is -0.152. The van der Waals surface area contributed by atoms with Crippen LogP contribution in [0.2, 0.25) is 5.02 Å². The molecule has 0 spiro atoms. The Kier molecular flexibility index (Phi) is 4.25. The summed E-state index contributed by atoms with van der Waals surface area (Å²) in [5.41, 5.74) is 0.514. The minimum atomic E-state index is -0.988. The molecule has 1 aromatic rings. The Morgan fingerprint density at radius 1 is 1.50 bits per heavy atom. The minimum absolute atomic E-state index is 0.0348. The van der Waals surface area contributed by atoms with Crippen LogP contribution in [0.1, 0.15) is 5.56 Å². The molecule has 0 atom stereocenters. The fourth-order valence-corrected chi connectivity index (χ4v) is 1.24. The van der Waals surface area contributed by atoms with E-state index in [1.807, 2.05) is 0 Å². The molecule has 1 N–H and O–H groups in total. The van der Waals surface area contributed by atoms with Crippen LogP contribution in [0.15, 0.2) is 18.2 Å². The zero-order chi connectivity index (χ0) is 12.1. The lowest BCUT2D eigenvalue weighted by Crippen LogP contribution is -2.31. The summed E-state index contributed by atoms with van der Waals surface area (Å²) in [4.78, 5) is 21.8. The van der Waals surface area contributed by atoms with Crippen LogP contribution in [-0.4, -0.2) is 19.0 Å². The second-order valence-electron chi connectivity index (χ2n) is 2.91. The van der Waals surface area contributed by atoms with Gasteiger partial charge in [-0.2, -0.15) is 0 Å². The van der Waals surface area contributed by atoms with E-state index in [1.165, 1.54) is 12.1 Å². The van der Waals surface area contributed by atoms with Gasteiger partial charge in [-0.25, -0.2) is 9.18 Å². The Morgan fingerprint density at radius 2 is 2.19 bits per heavy atom. The fourth-order valence-electron chi connectivity index (χ4n) is 1.01. The largest absolute Gasteiger partial charge is 0.462 e. The number of benzene rings is 1. The predicted molar refractivity (Wildman–Crippen MR) is 55.3 cm³/mol. The van der Waals surface area contributed by atoms with Crippen molar-refractivity contribution in [3.8, 4) is 0 Å². The van der Waals surface area contributed by atoms with Gasteiger partial charge >= 0.3 is 11.9 Å². The number of rotatable bonds is 2. The first-order valence-electron chi connectivity index (χ1n) is 4.34. The molecule has 86 valence electrons. The van der Waals surface area contributed by atoms with E-state index in [0.717, 1.165) is 13.2 Å². The van der Waals surface area contributed by atoms with Crippen LogP contribution in [0.3, 0.4) is 0 Å². The van der Waals surface area contributed by atoms with Gasteiger partial charge in [0.25, 0.3) is 0 Å². The maximum atomic E-state index is 12.7. The van der Waals surface area contributed by atoms with E-state index in [-0.39, 0.29) is 11.6 Å². The molecule has 0 unspecified atom stereocenters. The lowest BCUT2D eigenvalue weighted by atomic mass is 10.2. The summed E-state index contributed by atoms with van der Waals surface area (Å²) in [7, 11) is 1.10. The van der Waals surface area contributed by atoms with Crippen molar-refractivity contribution in [1.29, 1.82) is 0 Å². The topological polar surface area (TPSA) is 55.4 Å². The third-order valence-corrected chi connectivity index (χ3v) is 2.18. The van der Waals surface area contributed by atoms with Crippen molar-refractivity contribution >= 4 is 23.5 Å². The first-order chi connectivity index (χ1) is 7.54. The number of carbonyl (C=O) groups excluding carboxylic acids is 2. The van der Waals surface area contributed by atoms with E-state index in [2.05, 4.69) is 10.1 Å². The standard InChI is InChI=1S/C10H9ClFNO3/c1-16-10(15)9(14)13-5-6-2-3-7(12)4-8(6)11/h2-4H,5H2,1H3,(H,13,14). The molecule has 0 aliphatic rings. The van der Waals surface area contributed by atoms with Crippen LogP contribution in [0, 0.1) is 5.82 Å². The van der Waals surface area contributed by atoms with Crippen molar-refractivity contribution in [2.24, 2.45) is 0 Å². The third-order valence-electron chi connectivity index (χ3n) is 1.83. The highest BCUT2D eigenvalue weighted by Gasteiger charge is 2.13. The number of hydrogen-bond donors (Lipinski definition) is 1. The van der Waals surface area contributed by atoms with E-state index in [4.69, 9.17) is 11.6 Å². The highest BCUT2D eigenvalue weighted by molar-refractivity contribution is 6.32. The van der Waals surface area contributed by atoms with Gasteiger partial charge < -0.3 is 10.1 Å². The van der Waals surface area contributed by atoms with Crippen molar-refractivity contribution in [3.63, 3.8) is 0 Å². The molecule has 16 heavy (non-hydrogen) atoms. The first-order valence-corrected chi connectivity index (χ1v) is 4.72. The first kappa shape index (κ1) is 12.4. The van der Waals surface area contributed by atoms with Crippen LogP contribution in [0.5, 0.6) is 0 Å². The quantitative estimate of drug-likeness (QED) is 0.631. The van der Waals surface area contributed by atoms with Gasteiger partial charge in [-0.05, 0) is 17.7 Å². The maximum Gasteiger partial charge on any atom is 0.396 e. The molecule has 0 radical (unpaired) electrons. The number of ether oxygens (including phenoxy) is 1. The van der Waals surface area contributed by atoms with Gasteiger partial charge in [0.2, 0.25) is 0 Å². The van der Waals surface area contributed by atoms with Crippen molar-refractivity contribution in [3.05, 3.63) is 34.6 Å². The smallest absolute Gasteiger partial charge is 0.396 e. The Labute approximate surface area is 96.3 Å². The predicted octanol–water partition coefficient (Wildman–Crippen LogP) is 1.27. The second-order valence-corrected chi connectivity index (χ2v) is 3.32. The van der Waals surface area contributed by atoms with Gasteiger partial charge in [-0.15, -0.1) is 0 Å². The number of esters is 1. The number of halogens is 2. The summed E-state index contributed by atoms with van der Waals surface area (Å²) in [6.07, 6.45) is 0. The van der Waals surface area contributed by atoms with Crippen LogP contribution >= 0.6 is 11.6 Å². The van der Waals surface area contributed by atoms with Gasteiger partial charge in [0, 0.05) is 11.6 Å². The summed E-state index contributed by atoms with van der Waals surface area (Å²) in [5, 5.41) is 2.47. The third kappa shape index (κ3) is 3.20. The summed E-state index contributed by atoms with van der Waals surface area (Å²) in [5.74, 6) is -2.32. The van der Waals surface area contributed by atoms with Crippen LogP contribution < -0.4 is 5.32 Å². The van der Waals surface area contributed by atoms with E-state index < -0.39 is 17.7 Å². The molecule has 0 saturated carbocycles. The van der Waals surface area contributed by atoms with Crippen molar-refractivity contribution < 1.29 is 18.7 Å². The molecule has 0 fully saturated rings. The van der Waals surface area contributed by atoms with Crippen molar-refractivity contribution in [2.75, 3.05) is 7.11 Å². The number of methoxy groups -OCH3 is 1. The Balaban J connectivity index is 2.61. The van der Waals surface area contributed by atoms with Gasteiger partial charge in [-0.1, -0.05) is 17.7 Å². The molecule has 0 aliphatic carbocycles. The van der Waals surface area contributed by atoms with Gasteiger partial charge in [0.05, 0.1) is 7.11 Å².